The Morgan fingerprint density at radius 2 is 2.22 bits per heavy atom. The van der Waals surface area contributed by atoms with Gasteiger partial charge in [0.2, 0.25) is 0 Å². The predicted octanol–water partition coefficient (Wildman–Crippen LogP) is 5.05. The van der Waals surface area contributed by atoms with Crippen LogP contribution in [-0.2, 0) is 0 Å². The van der Waals surface area contributed by atoms with E-state index in [4.69, 9.17) is 4.74 Å². The lowest BCUT2D eigenvalue weighted by atomic mass is 10.1. The van der Waals surface area contributed by atoms with Crippen molar-refractivity contribution in [3.05, 3.63) is 52.7 Å². The lowest BCUT2D eigenvalue weighted by Crippen LogP contribution is -1.98. The highest BCUT2D eigenvalue weighted by Crippen LogP contribution is 2.29. The Morgan fingerprint density at radius 1 is 1.43 bits per heavy atom. The van der Waals surface area contributed by atoms with Crippen LogP contribution >= 0.6 is 11.3 Å². The molecule has 0 spiro atoms. The summed E-state index contributed by atoms with van der Waals surface area (Å²) in [5, 5.41) is 6.04. The standard InChI is InChI=1S/C18H21N3OS/c1-6-7-12(2)17(19-4)21-18-20-15(11-23-18)14-8-9-16(22-5)13(3)10-14/h6-11H,4H2,1-3,5H3,(H,20,21)/b7-6-,17-12+. The fraction of sp³-hybridized carbons (Fsp3) is 0.222. The number of anilines is 1. The van der Waals surface area contributed by atoms with E-state index in [0.717, 1.165) is 39.1 Å². The Balaban J connectivity index is 2.25. The summed E-state index contributed by atoms with van der Waals surface area (Å²) in [6.45, 7) is 9.59. The van der Waals surface area contributed by atoms with Gasteiger partial charge in [-0.2, -0.15) is 0 Å². The summed E-state index contributed by atoms with van der Waals surface area (Å²) >= 11 is 1.54. The van der Waals surface area contributed by atoms with Gasteiger partial charge in [-0.25, -0.2) is 9.98 Å². The molecule has 1 aromatic heterocycles. The normalized spacial score (nSPS) is 12.2. The van der Waals surface area contributed by atoms with E-state index in [2.05, 4.69) is 28.1 Å². The molecule has 0 aliphatic carbocycles. The molecule has 0 aliphatic heterocycles. The molecule has 1 heterocycles. The molecule has 5 heteroatoms. The van der Waals surface area contributed by atoms with E-state index in [9.17, 15) is 0 Å². The van der Waals surface area contributed by atoms with E-state index in [1.54, 1.807) is 7.11 Å². The summed E-state index contributed by atoms with van der Waals surface area (Å²) in [5.41, 5.74) is 4.09. The maximum Gasteiger partial charge on any atom is 0.188 e. The van der Waals surface area contributed by atoms with Gasteiger partial charge in [-0.3, -0.25) is 0 Å². The number of thiazole rings is 1. The second kappa shape index (κ2) is 7.74. The highest BCUT2D eigenvalue weighted by atomic mass is 32.1. The zero-order valence-corrected chi connectivity index (χ0v) is 14.7. The molecular formula is C18H21N3OS. The minimum absolute atomic E-state index is 0.718. The number of nitrogens with zero attached hydrogens (tertiary/aromatic N) is 2. The molecule has 0 atom stereocenters. The van der Waals surface area contributed by atoms with Crippen LogP contribution in [0.1, 0.15) is 19.4 Å². The van der Waals surface area contributed by atoms with Gasteiger partial charge in [0.15, 0.2) is 5.13 Å². The summed E-state index contributed by atoms with van der Waals surface area (Å²) in [4.78, 5) is 8.67. The molecule has 2 rings (SSSR count). The van der Waals surface area contributed by atoms with Crippen molar-refractivity contribution in [1.29, 1.82) is 0 Å². The Labute approximate surface area is 141 Å². The van der Waals surface area contributed by atoms with Gasteiger partial charge in [0.1, 0.15) is 11.6 Å². The van der Waals surface area contributed by atoms with Crippen LogP contribution in [0.4, 0.5) is 5.13 Å². The summed E-state index contributed by atoms with van der Waals surface area (Å²) in [6.07, 6.45) is 3.95. The van der Waals surface area contributed by atoms with Crippen LogP contribution < -0.4 is 10.1 Å². The first kappa shape index (κ1) is 17.0. The van der Waals surface area contributed by atoms with E-state index in [-0.39, 0.29) is 0 Å². The van der Waals surface area contributed by atoms with E-state index in [1.807, 2.05) is 50.4 Å². The van der Waals surface area contributed by atoms with Crippen molar-refractivity contribution in [2.24, 2.45) is 4.99 Å². The topological polar surface area (TPSA) is 46.5 Å². The van der Waals surface area contributed by atoms with Crippen molar-refractivity contribution in [1.82, 2.24) is 4.98 Å². The van der Waals surface area contributed by atoms with Crippen LogP contribution in [0.25, 0.3) is 11.3 Å². The zero-order chi connectivity index (χ0) is 16.8. The lowest BCUT2D eigenvalue weighted by molar-refractivity contribution is 0.412. The van der Waals surface area contributed by atoms with Crippen molar-refractivity contribution in [2.75, 3.05) is 12.4 Å². The summed E-state index contributed by atoms with van der Waals surface area (Å²) in [5.74, 6) is 1.60. The molecule has 0 fully saturated rings. The third kappa shape index (κ3) is 4.07. The molecule has 0 saturated heterocycles. The largest absolute Gasteiger partial charge is 0.496 e. The van der Waals surface area contributed by atoms with Gasteiger partial charge in [-0.15, -0.1) is 11.3 Å². The number of ether oxygens (including phenoxy) is 1. The first-order valence-electron chi connectivity index (χ1n) is 7.27. The molecule has 0 aliphatic rings. The molecule has 0 saturated carbocycles. The Hall–Kier alpha value is -2.40. The second-order valence-corrected chi connectivity index (χ2v) is 5.90. The molecule has 0 bridgehead atoms. The highest BCUT2D eigenvalue weighted by Gasteiger charge is 2.08. The van der Waals surface area contributed by atoms with Crippen molar-refractivity contribution >= 4 is 23.2 Å². The number of nitrogens with one attached hydrogen (secondary N) is 1. The van der Waals surface area contributed by atoms with Gasteiger partial charge in [0, 0.05) is 10.9 Å². The average Bonchev–Trinajstić information content (AvgIpc) is 3.01. The van der Waals surface area contributed by atoms with Crippen molar-refractivity contribution in [3.8, 4) is 17.0 Å². The van der Waals surface area contributed by atoms with Gasteiger partial charge >= 0.3 is 0 Å². The summed E-state index contributed by atoms with van der Waals surface area (Å²) in [6, 6.07) is 6.05. The number of aliphatic imine (C=N–C) groups is 1. The number of hydrogen-bond acceptors (Lipinski definition) is 5. The first-order valence-corrected chi connectivity index (χ1v) is 8.14. The average molecular weight is 327 g/mol. The first-order chi connectivity index (χ1) is 11.1. The van der Waals surface area contributed by atoms with Gasteiger partial charge < -0.3 is 10.1 Å². The van der Waals surface area contributed by atoms with E-state index >= 15 is 0 Å². The van der Waals surface area contributed by atoms with E-state index in [0.29, 0.717) is 0 Å². The van der Waals surface area contributed by atoms with Gasteiger partial charge in [-0.1, -0.05) is 12.2 Å². The molecule has 0 amide bonds. The Kier molecular flexibility index (Phi) is 5.71. The van der Waals surface area contributed by atoms with Crippen molar-refractivity contribution in [3.63, 3.8) is 0 Å². The molecular weight excluding hydrogens is 306 g/mol. The summed E-state index contributed by atoms with van der Waals surface area (Å²) in [7, 11) is 1.68. The number of aromatic nitrogens is 1. The lowest BCUT2D eigenvalue weighted by Gasteiger charge is -2.06. The predicted molar refractivity (Wildman–Crippen MR) is 99.5 cm³/mol. The number of allylic oxidation sites excluding steroid dienone is 3. The van der Waals surface area contributed by atoms with Crippen LogP contribution in [-0.4, -0.2) is 18.8 Å². The highest BCUT2D eigenvalue weighted by molar-refractivity contribution is 7.14. The molecule has 23 heavy (non-hydrogen) atoms. The second-order valence-electron chi connectivity index (χ2n) is 5.04. The zero-order valence-electron chi connectivity index (χ0n) is 13.9. The fourth-order valence-electron chi connectivity index (χ4n) is 2.19. The maximum absolute atomic E-state index is 5.30. The quantitative estimate of drug-likeness (QED) is 0.597. The minimum Gasteiger partial charge on any atom is -0.496 e. The van der Waals surface area contributed by atoms with Gasteiger partial charge in [-0.05, 0) is 56.8 Å². The Bertz CT molecular complexity index is 759. The molecule has 120 valence electrons. The molecule has 2 aromatic rings. The SMILES string of the molecule is C=N/C(Nc1nc(-c2ccc(OC)c(C)c2)cs1)=C(C)\C=C/C. The van der Waals surface area contributed by atoms with Crippen LogP contribution in [0.3, 0.4) is 0 Å². The van der Waals surface area contributed by atoms with Crippen LogP contribution in [0.5, 0.6) is 5.75 Å². The van der Waals surface area contributed by atoms with Crippen LogP contribution in [0, 0.1) is 6.92 Å². The number of hydrogen-bond donors (Lipinski definition) is 1. The third-order valence-electron chi connectivity index (χ3n) is 3.37. The number of aryl methyl sites for hydroxylation is 1. The van der Waals surface area contributed by atoms with Crippen molar-refractivity contribution < 1.29 is 4.74 Å². The van der Waals surface area contributed by atoms with Gasteiger partial charge in [0.25, 0.3) is 0 Å². The van der Waals surface area contributed by atoms with E-state index in [1.165, 1.54) is 11.3 Å². The van der Waals surface area contributed by atoms with Crippen molar-refractivity contribution in [2.45, 2.75) is 20.8 Å². The summed E-state index contributed by atoms with van der Waals surface area (Å²) < 4.78 is 5.30. The molecule has 4 nitrogen and oxygen atoms in total. The Morgan fingerprint density at radius 3 is 2.83 bits per heavy atom. The van der Waals surface area contributed by atoms with Crippen LogP contribution in [0.2, 0.25) is 0 Å². The smallest absolute Gasteiger partial charge is 0.188 e. The number of rotatable bonds is 6. The fourth-order valence-corrected chi connectivity index (χ4v) is 2.91. The third-order valence-corrected chi connectivity index (χ3v) is 4.13. The van der Waals surface area contributed by atoms with Crippen LogP contribution in [0.15, 0.2) is 52.1 Å². The minimum atomic E-state index is 0.718. The number of methoxy groups -OCH3 is 1. The molecule has 1 aromatic carbocycles. The molecule has 0 radical (unpaired) electrons. The van der Waals surface area contributed by atoms with Gasteiger partial charge in [0.05, 0.1) is 12.8 Å². The molecule has 1 N–H and O–H groups in total. The molecule has 0 unspecified atom stereocenters. The maximum atomic E-state index is 5.30. The number of benzene rings is 1. The van der Waals surface area contributed by atoms with E-state index < -0.39 is 0 Å². The monoisotopic (exact) mass is 327 g/mol.